The maximum absolute atomic E-state index is 12.4. The van der Waals surface area contributed by atoms with E-state index in [9.17, 15) is 22.8 Å². The van der Waals surface area contributed by atoms with Crippen LogP contribution in [-0.2, 0) is 4.79 Å². The lowest BCUT2D eigenvalue weighted by molar-refractivity contribution is -0.137. The number of carbonyl (C=O) groups excluding carboxylic acids is 1. The molecule has 0 heterocycles. The van der Waals surface area contributed by atoms with E-state index in [4.69, 9.17) is 5.11 Å². The molecule has 0 spiro atoms. The van der Waals surface area contributed by atoms with Gasteiger partial charge in [0.2, 0.25) is 0 Å². The number of benzene rings is 1. The number of nitrogens with one attached hydrogen (secondary N) is 1. The summed E-state index contributed by atoms with van der Waals surface area (Å²) in [6, 6.07) is 5.47. The molecule has 0 aromatic heterocycles. The minimum absolute atomic E-state index is 0.00359. The molecule has 0 aliphatic carbocycles. The summed E-state index contributed by atoms with van der Waals surface area (Å²) in [6.45, 7) is 0.219. The first-order valence-corrected chi connectivity index (χ1v) is 6.96. The third-order valence-corrected chi connectivity index (χ3v) is 3.27. The molecule has 0 atom stereocenters. The van der Waals surface area contributed by atoms with E-state index in [-0.39, 0.29) is 35.2 Å². The number of hydrogen-bond acceptors (Lipinski definition) is 3. The number of halogens is 3. The zero-order valence-corrected chi connectivity index (χ0v) is 11.8. The van der Waals surface area contributed by atoms with Crippen LogP contribution in [0.2, 0.25) is 0 Å². The first-order valence-electron chi connectivity index (χ1n) is 6.14. The molecule has 0 fully saturated rings. The molecule has 0 bridgehead atoms. The van der Waals surface area contributed by atoms with Crippen molar-refractivity contribution >= 4 is 23.6 Å². The highest BCUT2D eigenvalue weighted by atomic mass is 32.2. The number of thioether (sulfide) groups is 1. The molecule has 2 N–H and O–H groups in total. The van der Waals surface area contributed by atoms with Crippen LogP contribution >= 0.6 is 11.8 Å². The second-order valence-electron chi connectivity index (χ2n) is 4.15. The first kappa shape index (κ1) is 17.4. The van der Waals surface area contributed by atoms with Crippen molar-refractivity contribution in [1.29, 1.82) is 0 Å². The number of carbonyl (C=O) groups is 2. The first-order chi connectivity index (χ1) is 9.79. The minimum Gasteiger partial charge on any atom is -0.481 e. The fourth-order valence-corrected chi connectivity index (χ4v) is 2.23. The molecule has 0 aliphatic heterocycles. The Morgan fingerprint density at radius 2 is 1.86 bits per heavy atom. The van der Waals surface area contributed by atoms with Crippen molar-refractivity contribution < 1.29 is 27.9 Å². The Balaban J connectivity index is 2.56. The third kappa shape index (κ3) is 7.03. The molecule has 0 unspecified atom stereocenters. The molecular formula is C13H14F3NO3S. The van der Waals surface area contributed by atoms with Crippen LogP contribution in [0.4, 0.5) is 13.2 Å². The van der Waals surface area contributed by atoms with Crippen LogP contribution in [0.3, 0.4) is 0 Å². The quantitative estimate of drug-likeness (QED) is 0.597. The predicted octanol–water partition coefficient (Wildman–Crippen LogP) is 3.28. The van der Waals surface area contributed by atoms with E-state index in [1.165, 1.54) is 24.3 Å². The van der Waals surface area contributed by atoms with E-state index in [2.05, 4.69) is 5.32 Å². The average Bonchev–Trinajstić information content (AvgIpc) is 2.36. The van der Waals surface area contributed by atoms with Gasteiger partial charge in [-0.1, -0.05) is 12.1 Å². The highest BCUT2D eigenvalue weighted by Crippen LogP contribution is 2.38. The van der Waals surface area contributed by atoms with Crippen LogP contribution in [0.1, 0.15) is 29.6 Å². The summed E-state index contributed by atoms with van der Waals surface area (Å²) in [6.07, 6.45) is 0.845. The molecule has 1 amide bonds. The number of unbranched alkanes of at least 4 members (excludes halogenated alkanes) is 1. The fraction of sp³-hybridized carbons (Fsp3) is 0.385. The van der Waals surface area contributed by atoms with Crippen molar-refractivity contribution in [2.45, 2.75) is 29.7 Å². The molecule has 0 aliphatic rings. The lowest BCUT2D eigenvalue weighted by Gasteiger charge is -2.11. The summed E-state index contributed by atoms with van der Waals surface area (Å²) in [5.74, 6) is -1.52. The van der Waals surface area contributed by atoms with Crippen molar-refractivity contribution in [3.05, 3.63) is 29.8 Å². The summed E-state index contributed by atoms with van der Waals surface area (Å²) in [4.78, 5) is 22.0. The van der Waals surface area contributed by atoms with Gasteiger partial charge in [0.1, 0.15) is 0 Å². The van der Waals surface area contributed by atoms with Crippen molar-refractivity contribution in [3.8, 4) is 0 Å². The van der Waals surface area contributed by atoms with Gasteiger partial charge in [-0.15, -0.1) is 0 Å². The van der Waals surface area contributed by atoms with E-state index in [0.717, 1.165) is 0 Å². The summed E-state index contributed by atoms with van der Waals surface area (Å²) in [5, 5.41) is 10.9. The van der Waals surface area contributed by atoms with Gasteiger partial charge in [-0.3, -0.25) is 9.59 Å². The molecular weight excluding hydrogens is 307 g/mol. The van der Waals surface area contributed by atoms with E-state index >= 15 is 0 Å². The van der Waals surface area contributed by atoms with Crippen LogP contribution in [-0.4, -0.2) is 29.0 Å². The lowest BCUT2D eigenvalue weighted by Crippen LogP contribution is -2.25. The van der Waals surface area contributed by atoms with E-state index in [1.54, 1.807) is 0 Å². The van der Waals surface area contributed by atoms with Crippen molar-refractivity contribution in [2.75, 3.05) is 6.54 Å². The molecule has 1 rings (SSSR count). The lowest BCUT2D eigenvalue weighted by atomic mass is 10.2. The molecule has 4 nitrogen and oxygen atoms in total. The normalized spacial score (nSPS) is 11.2. The Kier molecular flexibility index (Phi) is 6.54. The average molecular weight is 321 g/mol. The molecule has 0 radical (unpaired) electrons. The van der Waals surface area contributed by atoms with E-state index in [1.807, 2.05) is 0 Å². The summed E-state index contributed by atoms with van der Waals surface area (Å²) in [7, 11) is 0. The summed E-state index contributed by atoms with van der Waals surface area (Å²) >= 11 is -0.335. The van der Waals surface area contributed by atoms with Gasteiger partial charge in [-0.05, 0) is 36.7 Å². The largest absolute Gasteiger partial charge is 0.481 e. The smallest absolute Gasteiger partial charge is 0.446 e. The third-order valence-electron chi connectivity index (χ3n) is 2.46. The Hall–Kier alpha value is -1.70. The van der Waals surface area contributed by atoms with Gasteiger partial charge in [0.15, 0.2) is 0 Å². The number of alkyl halides is 3. The van der Waals surface area contributed by atoms with Gasteiger partial charge in [0.25, 0.3) is 5.91 Å². The molecule has 21 heavy (non-hydrogen) atoms. The summed E-state index contributed by atoms with van der Waals surface area (Å²) in [5.41, 5.74) is -4.50. The van der Waals surface area contributed by atoms with E-state index < -0.39 is 17.4 Å². The maximum Gasteiger partial charge on any atom is 0.446 e. The van der Waals surface area contributed by atoms with Gasteiger partial charge < -0.3 is 10.4 Å². The van der Waals surface area contributed by atoms with Crippen molar-refractivity contribution in [1.82, 2.24) is 5.32 Å². The molecule has 116 valence electrons. The van der Waals surface area contributed by atoms with Crippen LogP contribution in [0.5, 0.6) is 0 Å². The number of aliphatic carboxylic acids is 1. The number of hydrogen-bond donors (Lipinski definition) is 2. The monoisotopic (exact) mass is 321 g/mol. The number of carboxylic acid groups (broad SMARTS) is 1. The molecule has 0 saturated carbocycles. The van der Waals surface area contributed by atoms with Crippen LogP contribution < -0.4 is 5.32 Å². The number of amides is 1. The zero-order valence-electron chi connectivity index (χ0n) is 10.9. The summed E-state index contributed by atoms with van der Waals surface area (Å²) < 4.78 is 37.2. The molecule has 1 aromatic carbocycles. The molecule has 0 saturated heterocycles. The van der Waals surface area contributed by atoms with Crippen LogP contribution in [0.15, 0.2) is 29.2 Å². The number of carboxylic acids is 1. The van der Waals surface area contributed by atoms with Crippen LogP contribution in [0, 0.1) is 0 Å². The standard InChI is InChI=1S/C13H14F3NO3S/c14-13(15,16)21-10-6-2-1-5-9(10)12(20)17-8-4-3-7-11(18)19/h1-2,5-6H,3-4,7-8H2,(H,17,20)(H,18,19). The zero-order chi connectivity index (χ0) is 15.9. The fourth-order valence-electron chi connectivity index (χ4n) is 1.57. The minimum atomic E-state index is -4.46. The Labute approximate surface area is 123 Å². The predicted molar refractivity (Wildman–Crippen MR) is 72.2 cm³/mol. The highest BCUT2D eigenvalue weighted by Gasteiger charge is 2.31. The Bertz CT molecular complexity index is 506. The number of rotatable bonds is 7. The Morgan fingerprint density at radius 1 is 1.19 bits per heavy atom. The second kappa shape index (κ2) is 7.92. The highest BCUT2D eigenvalue weighted by molar-refractivity contribution is 8.00. The van der Waals surface area contributed by atoms with E-state index in [0.29, 0.717) is 12.8 Å². The van der Waals surface area contributed by atoms with Gasteiger partial charge in [0.05, 0.1) is 5.56 Å². The SMILES string of the molecule is O=C(O)CCCCNC(=O)c1ccccc1SC(F)(F)F. The maximum atomic E-state index is 12.4. The second-order valence-corrected chi connectivity index (χ2v) is 5.26. The van der Waals surface area contributed by atoms with Gasteiger partial charge in [-0.25, -0.2) is 0 Å². The van der Waals surface area contributed by atoms with Gasteiger partial charge in [0, 0.05) is 17.9 Å². The van der Waals surface area contributed by atoms with Crippen molar-refractivity contribution in [3.63, 3.8) is 0 Å². The topological polar surface area (TPSA) is 66.4 Å². The van der Waals surface area contributed by atoms with Crippen molar-refractivity contribution in [2.24, 2.45) is 0 Å². The molecule has 1 aromatic rings. The molecule has 8 heteroatoms. The van der Waals surface area contributed by atoms with Gasteiger partial charge in [-0.2, -0.15) is 13.2 Å². The van der Waals surface area contributed by atoms with Gasteiger partial charge >= 0.3 is 11.5 Å². The van der Waals surface area contributed by atoms with Crippen LogP contribution in [0.25, 0.3) is 0 Å². The Morgan fingerprint density at radius 3 is 2.48 bits per heavy atom.